The summed E-state index contributed by atoms with van der Waals surface area (Å²) < 4.78 is 1.35. The molecule has 8 nitrogen and oxygen atoms in total. The molecule has 0 saturated heterocycles. The highest BCUT2D eigenvalue weighted by Crippen LogP contribution is 2.24. The van der Waals surface area contributed by atoms with Gasteiger partial charge in [-0.1, -0.05) is 0 Å². The Kier molecular flexibility index (Phi) is 3.85. The topological polar surface area (TPSA) is 111 Å². The third kappa shape index (κ3) is 3.24. The molecule has 1 N–H and O–H groups in total. The number of hydrogen-bond acceptors (Lipinski definition) is 6. The van der Waals surface area contributed by atoms with Crippen LogP contribution in [0.4, 0.5) is 5.69 Å². The number of nitrogens with one attached hydrogen (secondary N) is 1. The van der Waals surface area contributed by atoms with Crippen LogP contribution >= 0.6 is 11.3 Å². The molecule has 0 fully saturated rings. The Morgan fingerprint density at radius 1 is 1.22 bits per heavy atom. The van der Waals surface area contributed by atoms with E-state index in [9.17, 15) is 19.7 Å². The summed E-state index contributed by atoms with van der Waals surface area (Å²) in [5.41, 5.74) is 0.509. The summed E-state index contributed by atoms with van der Waals surface area (Å²) in [4.78, 5) is 39.4. The lowest BCUT2D eigenvalue weighted by Crippen LogP contribution is -2.28. The van der Waals surface area contributed by atoms with Gasteiger partial charge in [0.05, 0.1) is 17.2 Å². The fraction of sp³-hybridized carbons (Fsp3) is 0.0714. The largest absolute Gasteiger partial charge is 0.328 e. The second kappa shape index (κ2) is 5.97. The first-order chi connectivity index (χ1) is 11.0. The van der Waals surface area contributed by atoms with Crippen LogP contribution in [0.1, 0.15) is 5.01 Å². The molecule has 2 heterocycles. The molecule has 2 aromatic heterocycles. The summed E-state index contributed by atoms with van der Waals surface area (Å²) >= 11 is 1.37. The zero-order chi connectivity index (χ0) is 16.4. The summed E-state index contributed by atoms with van der Waals surface area (Å²) in [7, 11) is 0. The monoisotopic (exact) mass is 330 g/mol. The third-order valence-electron chi connectivity index (χ3n) is 3.13. The molecule has 0 saturated carbocycles. The number of nitro benzene ring substituents is 1. The Bertz CT molecular complexity index is 971. The lowest BCUT2D eigenvalue weighted by atomic mass is 10.1. The van der Waals surface area contributed by atoms with E-state index in [1.54, 1.807) is 12.1 Å². The number of hydrogen-bond donors (Lipinski definition) is 1. The Morgan fingerprint density at radius 2 is 1.96 bits per heavy atom. The SMILES string of the molecule is O=c1ccn(Cc2nc(-c3ccc([N+](=O)[O-])cc3)cs2)c(=O)[nH]1. The maximum atomic E-state index is 11.6. The van der Waals surface area contributed by atoms with Gasteiger partial charge in [0.2, 0.25) is 0 Å². The lowest BCUT2D eigenvalue weighted by Gasteiger charge is -2.00. The fourth-order valence-electron chi connectivity index (χ4n) is 1.98. The van der Waals surface area contributed by atoms with Gasteiger partial charge in [0.25, 0.3) is 11.2 Å². The van der Waals surface area contributed by atoms with Crippen molar-refractivity contribution in [2.75, 3.05) is 0 Å². The molecule has 0 amide bonds. The highest BCUT2D eigenvalue weighted by molar-refractivity contribution is 7.09. The summed E-state index contributed by atoms with van der Waals surface area (Å²) in [6.07, 6.45) is 1.41. The quantitative estimate of drug-likeness (QED) is 0.577. The minimum absolute atomic E-state index is 0.0176. The van der Waals surface area contributed by atoms with Gasteiger partial charge in [0.1, 0.15) is 5.01 Å². The van der Waals surface area contributed by atoms with E-state index in [-0.39, 0.29) is 12.2 Å². The highest BCUT2D eigenvalue weighted by Gasteiger charge is 2.09. The van der Waals surface area contributed by atoms with Gasteiger partial charge >= 0.3 is 5.69 Å². The van der Waals surface area contributed by atoms with Crippen LogP contribution in [0.15, 0.2) is 51.5 Å². The normalized spacial score (nSPS) is 10.6. The molecule has 3 rings (SSSR count). The van der Waals surface area contributed by atoms with Crippen LogP contribution in [0.3, 0.4) is 0 Å². The first-order valence-electron chi connectivity index (χ1n) is 6.52. The molecule has 0 aliphatic carbocycles. The van der Waals surface area contributed by atoms with E-state index in [1.165, 1.54) is 40.3 Å². The molecule has 116 valence electrons. The molecule has 0 bridgehead atoms. The molecule has 0 atom stereocenters. The highest BCUT2D eigenvalue weighted by atomic mass is 32.1. The van der Waals surface area contributed by atoms with Crippen LogP contribution in [0.5, 0.6) is 0 Å². The van der Waals surface area contributed by atoms with Gasteiger partial charge in [-0.2, -0.15) is 0 Å². The predicted octanol–water partition coefficient (Wildman–Crippen LogP) is 1.62. The summed E-state index contributed by atoms with van der Waals surface area (Å²) in [5, 5.41) is 13.1. The molecule has 1 aromatic carbocycles. The second-order valence-electron chi connectivity index (χ2n) is 4.67. The number of H-pyrrole nitrogens is 1. The summed E-state index contributed by atoms with van der Waals surface area (Å²) in [6.45, 7) is 0.243. The van der Waals surface area contributed by atoms with Crippen molar-refractivity contribution in [3.63, 3.8) is 0 Å². The fourth-order valence-corrected chi connectivity index (χ4v) is 2.79. The Labute approximate surface area is 132 Å². The first kappa shape index (κ1) is 14.9. The molecule has 9 heteroatoms. The Balaban J connectivity index is 1.84. The smallest absolute Gasteiger partial charge is 0.294 e. The van der Waals surface area contributed by atoms with E-state index in [0.29, 0.717) is 10.7 Å². The average Bonchev–Trinajstić information content (AvgIpc) is 2.99. The van der Waals surface area contributed by atoms with Gasteiger partial charge in [-0.05, 0) is 12.1 Å². The van der Waals surface area contributed by atoms with Gasteiger partial charge in [0.15, 0.2) is 0 Å². The van der Waals surface area contributed by atoms with Crippen molar-refractivity contribution in [2.45, 2.75) is 6.54 Å². The average molecular weight is 330 g/mol. The van der Waals surface area contributed by atoms with E-state index in [1.807, 2.05) is 5.38 Å². The van der Waals surface area contributed by atoms with Crippen molar-refractivity contribution < 1.29 is 4.92 Å². The number of benzene rings is 1. The first-order valence-corrected chi connectivity index (χ1v) is 7.40. The molecular formula is C14H10N4O4S. The van der Waals surface area contributed by atoms with Crippen LogP contribution in [0.25, 0.3) is 11.3 Å². The van der Waals surface area contributed by atoms with Gasteiger partial charge < -0.3 is 0 Å². The summed E-state index contributed by atoms with van der Waals surface area (Å²) in [6, 6.07) is 7.36. The standard InChI is InChI=1S/C14H10N4O4S/c19-12-5-6-17(14(20)16-12)7-13-15-11(8-23-13)9-1-3-10(4-2-9)18(21)22/h1-6,8H,7H2,(H,16,19,20). The number of rotatable bonds is 4. The van der Waals surface area contributed by atoms with E-state index in [4.69, 9.17) is 0 Å². The zero-order valence-corrected chi connectivity index (χ0v) is 12.4. The third-order valence-corrected chi connectivity index (χ3v) is 3.96. The van der Waals surface area contributed by atoms with Gasteiger partial charge in [0, 0.05) is 35.3 Å². The van der Waals surface area contributed by atoms with Crippen LogP contribution in [0.2, 0.25) is 0 Å². The minimum atomic E-state index is -0.496. The molecule has 0 aliphatic heterocycles. The van der Waals surface area contributed by atoms with Gasteiger partial charge in [-0.25, -0.2) is 9.78 Å². The summed E-state index contributed by atoms with van der Waals surface area (Å²) in [5.74, 6) is 0. The van der Waals surface area contributed by atoms with Crippen LogP contribution in [-0.4, -0.2) is 19.5 Å². The molecule has 0 aliphatic rings. The van der Waals surface area contributed by atoms with E-state index < -0.39 is 16.2 Å². The molecule has 23 heavy (non-hydrogen) atoms. The van der Waals surface area contributed by atoms with Crippen molar-refractivity contribution in [1.82, 2.24) is 14.5 Å². The molecule has 0 unspecified atom stereocenters. The lowest BCUT2D eigenvalue weighted by molar-refractivity contribution is -0.384. The minimum Gasteiger partial charge on any atom is -0.294 e. The number of nitrogens with zero attached hydrogens (tertiary/aromatic N) is 3. The Morgan fingerprint density at radius 3 is 2.61 bits per heavy atom. The van der Waals surface area contributed by atoms with Crippen molar-refractivity contribution in [2.24, 2.45) is 0 Å². The van der Waals surface area contributed by atoms with Crippen molar-refractivity contribution in [3.8, 4) is 11.3 Å². The second-order valence-corrected chi connectivity index (χ2v) is 5.61. The number of aromatic nitrogens is 3. The van der Waals surface area contributed by atoms with Crippen LogP contribution in [-0.2, 0) is 6.54 Å². The van der Waals surface area contributed by atoms with Crippen LogP contribution < -0.4 is 11.2 Å². The van der Waals surface area contributed by atoms with Crippen molar-refractivity contribution >= 4 is 17.0 Å². The van der Waals surface area contributed by atoms with Gasteiger partial charge in [-0.3, -0.25) is 24.5 Å². The number of aromatic amines is 1. The molecular weight excluding hydrogens is 320 g/mol. The van der Waals surface area contributed by atoms with E-state index in [2.05, 4.69) is 9.97 Å². The van der Waals surface area contributed by atoms with Crippen molar-refractivity contribution in [3.05, 3.63) is 77.9 Å². The molecule has 3 aromatic rings. The number of non-ortho nitro benzene ring substituents is 1. The van der Waals surface area contributed by atoms with Crippen molar-refractivity contribution in [1.29, 1.82) is 0 Å². The number of thiazole rings is 1. The Hall–Kier alpha value is -3.07. The number of nitro groups is 1. The molecule has 0 radical (unpaired) electrons. The predicted molar refractivity (Wildman–Crippen MR) is 84.6 cm³/mol. The molecule has 0 spiro atoms. The zero-order valence-electron chi connectivity index (χ0n) is 11.6. The van der Waals surface area contributed by atoms with Gasteiger partial charge in [-0.15, -0.1) is 11.3 Å². The maximum Gasteiger partial charge on any atom is 0.328 e. The maximum absolute atomic E-state index is 11.6. The van der Waals surface area contributed by atoms with Crippen LogP contribution in [0, 0.1) is 10.1 Å². The van der Waals surface area contributed by atoms with E-state index in [0.717, 1.165) is 5.56 Å². The van der Waals surface area contributed by atoms with E-state index >= 15 is 0 Å².